The van der Waals surface area contributed by atoms with Crippen LogP contribution in [-0.2, 0) is 26.4 Å². The van der Waals surface area contributed by atoms with Crippen LogP contribution >= 0.6 is 0 Å². The molecule has 4 heterocycles. The van der Waals surface area contributed by atoms with Gasteiger partial charge < -0.3 is 4.90 Å². The van der Waals surface area contributed by atoms with E-state index in [-0.39, 0.29) is 0 Å². The standard InChI is InChI=1S/C19H24N8/c1-24-17(15-4-2-5-16(15)23-24)14-25-10-12-26(13-11-25)18-6-7-19(22-21-18)27-9-3-8-20-27/h3,6-9H,2,4-5,10-14H2,1H3. The third kappa shape index (κ3) is 3.10. The van der Waals surface area contributed by atoms with Gasteiger partial charge in [-0.1, -0.05) is 0 Å². The summed E-state index contributed by atoms with van der Waals surface area (Å²) in [5.41, 5.74) is 4.22. The van der Waals surface area contributed by atoms with E-state index in [2.05, 4.69) is 36.8 Å². The van der Waals surface area contributed by atoms with Crippen molar-refractivity contribution in [2.75, 3.05) is 31.1 Å². The van der Waals surface area contributed by atoms with Crippen LogP contribution in [0.5, 0.6) is 0 Å². The predicted octanol–water partition coefficient (Wildman–Crippen LogP) is 1.21. The third-order valence-corrected chi connectivity index (χ3v) is 5.64. The first-order valence-electron chi connectivity index (χ1n) is 9.62. The van der Waals surface area contributed by atoms with Crippen molar-refractivity contribution < 1.29 is 0 Å². The Labute approximate surface area is 158 Å². The Balaban J connectivity index is 1.22. The summed E-state index contributed by atoms with van der Waals surface area (Å²) >= 11 is 0. The number of rotatable bonds is 4. The second-order valence-corrected chi connectivity index (χ2v) is 7.31. The fourth-order valence-electron chi connectivity index (χ4n) is 4.14. The molecule has 0 N–H and O–H groups in total. The molecular weight excluding hydrogens is 340 g/mol. The van der Waals surface area contributed by atoms with Gasteiger partial charge in [-0.2, -0.15) is 10.2 Å². The molecule has 0 radical (unpaired) electrons. The van der Waals surface area contributed by atoms with Gasteiger partial charge >= 0.3 is 0 Å². The largest absolute Gasteiger partial charge is 0.353 e. The van der Waals surface area contributed by atoms with Gasteiger partial charge in [-0.15, -0.1) is 10.2 Å². The Morgan fingerprint density at radius 2 is 1.81 bits per heavy atom. The molecule has 27 heavy (non-hydrogen) atoms. The van der Waals surface area contributed by atoms with Gasteiger partial charge in [0.15, 0.2) is 11.6 Å². The van der Waals surface area contributed by atoms with E-state index in [9.17, 15) is 0 Å². The molecule has 1 aliphatic heterocycles. The molecule has 0 atom stereocenters. The lowest BCUT2D eigenvalue weighted by Gasteiger charge is -2.35. The maximum atomic E-state index is 4.70. The highest BCUT2D eigenvalue weighted by atomic mass is 15.4. The molecule has 8 heteroatoms. The van der Waals surface area contributed by atoms with Gasteiger partial charge in [-0.05, 0) is 43.0 Å². The number of anilines is 1. The molecule has 1 aliphatic carbocycles. The molecule has 2 aliphatic rings. The number of piperazine rings is 1. The lowest BCUT2D eigenvalue weighted by molar-refractivity contribution is 0.242. The van der Waals surface area contributed by atoms with Crippen LogP contribution in [-0.4, -0.2) is 60.8 Å². The molecule has 0 spiro atoms. The number of fused-ring (bicyclic) bond motifs is 1. The normalized spacial score (nSPS) is 17.4. The highest BCUT2D eigenvalue weighted by Gasteiger charge is 2.24. The van der Waals surface area contributed by atoms with Gasteiger partial charge in [0.25, 0.3) is 0 Å². The van der Waals surface area contributed by atoms with Crippen LogP contribution in [0.25, 0.3) is 5.82 Å². The summed E-state index contributed by atoms with van der Waals surface area (Å²) in [4.78, 5) is 4.84. The maximum Gasteiger partial charge on any atom is 0.175 e. The third-order valence-electron chi connectivity index (χ3n) is 5.64. The van der Waals surface area contributed by atoms with Crippen molar-refractivity contribution in [3.05, 3.63) is 47.5 Å². The second kappa shape index (κ2) is 6.77. The van der Waals surface area contributed by atoms with Crippen LogP contribution < -0.4 is 4.90 Å². The highest BCUT2D eigenvalue weighted by molar-refractivity contribution is 5.40. The Kier molecular flexibility index (Phi) is 4.12. The monoisotopic (exact) mass is 364 g/mol. The molecule has 140 valence electrons. The summed E-state index contributed by atoms with van der Waals surface area (Å²) in [5.74, 6) is 1.68. The first-order valence-corrected chi connectivity index (χ1v) is 9.62. The zero-order valence-corrected chi connectivity index (χ0v) is 15.6. The Morgan fingerprint density at radius 1 is 1.00 bits per heavy atom. The number of aromatic nitrogens is 6. The predicted molar refractivity (Wildman–Crippen MR) is 102 cm³/mol. The van der Waals surface area contributed by atoms with E-state index >= 15 is 0 Å². The lowest BCUT2D eigenvalue weighted by Crippen LogP contribution is -2.46. The zero-order chi connectivity index (χ0) is 18.2. The molecule has 1 fully saturated rings. The number of hydrogen-bond acceptors (Lipinski definition) is 6. The van der Waals surface area contributed by atoms with Crippen LogP contribution in [0.1, 0.15) is 23.4 Å². The summed E-state index contributed by atoms with van der Waals surface area (Å²) in [6, 6.07) is 5.89. The second-order valence-electron chi connectivity index (χ2n) is 7.31. The molecule has 8 nitrogen and oxygen atoms in total. The van der Waals surface area contributed by atoms with E-state index in [1.165, 1.54) is 29.8 Å². The Bertz CT molecular complexity index is 904. The van der Waals surface area contributed by atoms with Crippen molar-refractivity contribution in [1.29, 1.82) is 0 Å². The van der Waals surface area contributed by atoms with Crippen molar-refractivity contribution in [2.45, 2.75) is 25.8 Å². The molecule has 0 saturated carbocycles. The SMILES string of the molecule is Cn1nc2c(c1CN1CCN(c3ccc(-n4cccn4)nn3)CC1)CCC2. The van der Waals surface area contributed by atoms with Crippen molar-refractivity contribution in [3.8, 4) is 5.82 Å². The highest BCUT2D eigenvalue weighted by Crippen LogP contribution is 2.25. The molecule has 5 rings (SSSR count). The van der Waals surface area contributed by atoms with E-state index in [4.69, 9.17) is 5.10 Å². The van der Waals surface area contributed by atoms with E-state index in [0.717, 1.165) is 50.8 Å². The molecule has 3 aromatic heterocycles. The quantitative estimate of drug-likeness (QED) is 0.693. The van der Waals surface area contributed by atoms with Crippen molar-refractivity contribution >= 4 is 5.82 Å². The van der Waals surface area contributed by atoms with Gasteiger partial charge in [0, 0.05) is 52.2 Å². The van der Waals surface area contributed by atoms with Gasteiger partial charge in [0.05, 0.1) is 11.4 Å². The molecule has 0 aromatic carbocycles. The van der Waals surface area contributed by atoms with E-state index in [0.29, 0.717) is 0 Å². The summed E-state index contributed by atoms with van der Waals surface area (Å²) < 4.78 is 3.82. The average molecular weight is 364 g/mol. The molecule has 3 aromatic rings. The molecule has 0 unspecified atom stereocenters. The van der Waals surface area contributed by atoms with Crippen molar-refractivity contribution in [1.82, 2.24) is 34.7 Å². The summed E-state index contributed by atoms with van der Waals surface area (Å²) in [6.07, 6.45) is 7.21. The van der Waals surface area contributed by atoms with Crippen LogP contribution in [0.3, 0.4) is 0 Å². The van der Waals surface area contributed by atoms with E-state index in [1.807, 2.05) is 24.4 Å². The fourth-order valence-corrected chi connectivity index (χ4v) is 4.14. The van der Waals surface area contributed by atoms with Gasteiger partial charge in [0.2, 0.25) is 0 Å². The summed E-state index contributed by atoms with van der Waals surface area (Å²) in [6.45, 7) is 4.99. The first kappa shape index (κ1) is 16.4. The van der Waals surface area contributed by atoms with Crippen LogP contribution in [0, 0.1) is 0 Å². The van der Waals surface area contributed by atoms with E-state index < -0.39 is 0 Å². The minimum absolute atomic E-state index is 0.743. The molecule has 1 saturated heterocycles. The maximum absolute atomic E-state index is 4.70. The minimum Gasteiger partial charge on any atom is -0.353 e. The number of hydrogen-bond donors (Lipinski definition) is 0. The topological polar surface area (TPSA) is 67.9 Å². The average Bonchev–Trinajstić information content (AvgIpc) is 3.43. The lowest BCUT2D eigenvalue weighted by atomic mass is 10.2. The van der Waals surface area contributed by atoms with Gasteiger partial charge in [0.1, 0.15) is 0 Å². The van der Waals surface area contributed by atoms with Crippen LogP contribution in [0.15, 0.2) is 30.6 Å². The Morgan fingerprint density at radius 3 is 2.56 bits per heavy atom. The molecule has 0 bridgehead atoms. The van der Waals surface area contributed by atoms with Crippen LogP contribution in [0.4, 0.5) is 5.82 Å². The minimum atomic E-state index is 0.743. The Hall–Kier alpha value is -2.74. The smallest absolute Gasteiger partial charge is 0.175 e. The van der Waals surface area contributed by atoms with Gasteiger partial charge in [-0.3, -0.25) is 9.58 Å². The molecule has 0 amide bonds. The van der Waals surface area contributed by atoms with Crippen molar-refractivity contribution in [3.63, 3.8) is 0 Å². The van der Waals surface area contributed by atoms with Gasteiger partial charge in [-0.25, -0.2) is 4.68 Å². The summed E-state index contributed by atoms with van der Waals surface area (Å²) in [5, 5.41) is 17.6. The number of nitrogens with zero attached hydrogens (tertiary/aromatic N) is 8. The first-order chi connectivity index (χ1) is 13.3. The summed E-state index contributed by atoms with van der Waals surface area (Å²) in [7, 11) is 2.08. The van der Waals surface area contributed by atoms with Crippen LogP contribution in [0.2, 0.25) is 0 Å². The fraction of sp³-hybridized carbons (Fsp3) is 0.474. The zero-order valence-electron chi connectivity index (χ0n) is 15.6. The molecular formula is C19H24N8. The van der Waals surface area contributed by atoms with E-state index in [1.54, 1.807) is 10.9 Å². The number of aryl methyl sites for hydroxylation is 2. The van der Waals surface area contributed by atoms with Crippen molar-refractivity contribution in [2.24, 2.45) is 7.05 Å².